The molecule has 0 aromatic heterocycles. The number of hydrogen-bond acceptors (Lipinski definition) is 6. The van der Waals surface area contributed by atoms with E-state index >= 15 is 0 Å². The van der Waals surface area contributed by atoms with Gasteiger partial charge in [0.1, 0.15) is 12.7 Å². The first-order chi connectivity index (χ1) is 13.0. The van der Waals surface area contributed by atoms with Crippen LogP contribution in [0, 0.1) is 0 Å². The smallest absolute Gasteiger partial charge is 0.236 e. The van der Waals surface area contributed by atoms with Gasteiger partial charge in [-0.15, -0.1) is 0 Å². The number of hydrogen-bond donors (Lipinski definition) is 1. The zero-order chi connectivity index (χ0) is 19.8. The van der Waals surface area contributed by atoms with Crippen molar-refractivity contribution in [1.82, 2.24) is 14.7 Å². The van der Waals surface area contributed by atoms with Gasteiger partial charge in [-0.1, -0.05) is 19.9 Å². The summed E-state index contributed by atoms with van der Waals surface area (Å²) in [5.41, 5.74) is 1.06. The third-order valence-electron chi connectivity index (χ3n) is 4.97. The molecule has 7 heteroatoms. The van der Waals surface area contributed by atoms with Crippen LogP contribution in [0.1, 0.15) is 19.4 Å². The van der Waals surface area contributed by atoms with E-state index in [-0.39, 0.29) is 12.5 Å². The lowest BCUT2D eigenvalue weighted by molar-refractivity contribution is -0.134. The van der Waals surface area contributed by atoms with Crippen LogP contribution in [0.2, 0.25) is 0 Å². The SMILES string of the molecule is CCN(CC)CC(O)COc1cc(CN2CCN(C)C(=O)C2)ccc1OC. The van der Waals surface area contributed by atoms with Crippen LogP contribution < -0.4 is 9.47 Å². The number of ether oxygens (including phenoxy) is 2. The fraction of sp³-hybridized carbons (Fsp3) is 0.650. The number of carbonyl (C=O) groups is 1. The molecule has 0 spiro atoms. The average molecular weight is 380 g/mol. The number of likely N-dealkylation sites (N-methyl/N-ethyl adjacent to an activating group) is 2. The number of nitrogens with zero attached hydrogens (tertiary/aromatic N) is 3. The Morgan fingerprint density at radius 1 is 1.22 bits per heavy atom. The third kappa shape index (κ3) is 6.37. The molecule has 1 aliphatic heterocycles. The van der Waals surface area contributed by atoms with E-state index in [4.69, 9.17) is 9.47 Å². The predicted octanol–water partition coefficient (Wildman–Crippen LogP) is 1.05. The third-order valence-corrected chi connectivity index (χ3v) is 4.97. The Hall–Kier alpha value is -1.83. The van der Waals surface area contributed by atoms with Gasteiger partial charge in [0.2, 0.25) is 5.91 Å². The number of aliphatic hydroxyl groups is 1. The zero-order valence-electron chi connectivity index (χ0n) is 17.0. The Kier molecular flexibility index (Phi) is 8.34. The van der Waals surface area contributed by atoms with Crippen molar-refractivity contribution in [3.63, 3.8) is 0 Å². The van der Waals surface area contributed by atoms with E-state index < -0.39 is 6.10 Å². The average Bonchev–Trinajstić information content (AvgIpc) is 2.67. The number of aliphatic hydroxyl groups excluding tert-OH is 1. The highest BCUT2D eigenvalue weighted by Crippen LogP contribution is 2.29. The van der Waals surface area contributed by atoms with Gasteiger partial charge in [0.15, 0.2) is 11.5 Å². The summed E-state index contributed by atoms with van der Waals surface area (Å²) in [5.74, 6) is 1.41. The van der Waals surface area contributed by atoms with Crippen molar-refractivity contribution in [2.24, 2.45) is 0 Å². The number of methoxy groups -OCH3 is 1. The topological polar surface area (TPSA) is 65.5 Å². The molecular weight excluding hydrogens is 346 g/mol. The Bertz CT molecular complexity index is 607. The molecule has 1 atom stereocenters. The summed E-state index contributed by atoms with van der Waals surface area (Å²) in [5, 5.41) is 10.2. The molecular formula is C20H33N3O4. The fourth-order valence-corrected chi connectivity index (χ4v) is 3.15. The lowest BCUT2D eigenvalue weighted by atomic mass is 10.1. The quantitative estimate of drug-likeness (QED) is 0.656. The highest BCUT2D eigenvalue weighted by atomic mass is 16.5. The summed E-state index contributed by atoms with van der Waals surface area (Å²) in [6, 6.07) is 5.80. The molecule has 152 valence electrons. The lowest BCUT2D eigenvalue weighted by Crippen LogP contribution is -2.47. The maximum Gasteiger partial charge on any atom is 0.236 e. The highest BCUT2D eigenvalue weighted by Gasteiger charge is 2.21. The number of piperazine rings is 1. The van der Waals surface area contributed by atoms with E-state index in [1.54, 1.807) is 12.0 Å². The second kappa shape index (κ2) is 10.5. The summed E-state index contributed by atoms with van der Waals surface area (Å²) in [7, 11) is 3.44. The normalized spacial score (nSPS) is 16.7. The molecule has 1 aromatic rings. The summed E-state index contributed by atoms with van der Waals surface area (Å²) >= 11 is 0. The number of carbonyl (C=O) groups excluding carboxylic acids is 1. The van der Waals surface area contributed by atoms with Gasteiger partial charge in [-0.05, 0) is 30.8 Å². The van der Waals surface area contributed by atoms with E-state index in [9.17, 15) is 9.90 Å². The molecule has 0 bridgehead atoms. The summed E-state index contributed by atoms with van der Waals surface area (Å²) in [6.45, 7) is 9.46. The summed E-state index contributed by atoms with van der Waals surface area (Å²) < 4.78 is 11.2. The van der Waals surface area contributed by atoms with Gasteiger partial charge < -0.3 is 24.4 Å². The van der Waals surface area contributed by atoms with E-state index in [1.165, 1.54) is 0 Å². The second-order valence-corrected chi connectivity index (χ2v) is 6.96. The standard InChI is InChI=1S/C20H33N3O4/c1-5-22(6-2)13-17(24)15-27-19-11-16(7-8-18(19)26-4)12-23-10-9-21(3)20(25)14-23/h7-8,11,17,24H,5-6,9-10,12-15H2,1-4H3. The first-order valence-electron chi connectivity index (χ1n) is 9.63. The molecule has 1 aromatic carbocycles. The van der Waals surface area contributed by atoms with Crippen LogP contribution in [0.5, 0.6) is 11.5 Å². The molecule has 0 aliphatic carbocycles. The first-order valence-corrected chi connectivity index (χ1v) is 9.63. The van der Waals surface area contributed by atoms with Gasteiger partial charge in [0.05, 0.1) is 13.7 Å². The molecule has 0 radical (unpaired) electrons. The minimum absolute atomic E-state index is 0.144. The fourth-order valence-electron chi connectivity index (χ4n) is 3.15. The van der Waals surface area contributed by atoms with E-state index in [0.717, 1.165) is 31.7 Å². The van der Waals surface area contributed by atoms with E-state index in [0.29, 0.717) is 31.1 Å². The summed E-state index contributed by atoms with van der Waals surface area (Å²) in [6.07, 6.45) is -0.562. The Balaban J connectivity index is 1.97. The van der Waals surface area contributed by atoms with Crippen molar-refractivity contribution in [2.45, 2.75) is 26.5 Å². The van der Waals surface area contributed by atoms with E-state index in [1.807, 2.05) is 25.2 Å². The highest BCUT2D eigenvalue weighted by molar-refractivity contribution is 5.78. The zero-order valence-corrected chi connectivity index (χ0v) is 17.0. The van der Waals surface area contributed by atoms with Gasteiger partial charge in [0.25, 0.3) is 0 Å². The van der Waals surface area contributed by atoms with Gasteiger partial charge in [-0.2, -0.15) is 0 Å². The monoisotopic (exact) mass is 379 g/mol. The Morgan fingerprint density at radius 3 is 2.59 bits per heavy atom. The second-order valence-electron chi connectivity index (χ2n) is 6.96. The maximum absolute atomic E-state index is 11.9. The maximum atomic E-state index is 11.9. The largest absolute Gasteiger partial charge is 0.493 e. The van der Waals surface area contributed by atoms with Crippen LogP contribution in [0.25, 0.3) is 0 Å². The molecule has 1 fully saturated rings. The molecule has 0 saturated carbocycles. The van der Waals surface area contributed by atoms with Crippen LogP contribution in [0.3, 0.4) is 0 Å². The molecule has 1 amide bonds. The molecule has 27 heavy (non-hydrogen) atoms. The number of rotatable bonds is 10. The lowest BCUT2D eigenvalue weighted by Gasteiger charge is -2.32. The Labute approximate surface area is 162 Å². The predicted molar refractivity (Wildman–Crippen MR) is 105 cm³/mol. The minimum Gasteiger partial charge on any atom is -0.493 e. The number of benzene rings is 1. The van der Waals surface area contributed by atoms with Crippen molar-refractivity contribution in [1.29, 1.82) is 0 Å². The molecule has 1 aliphatic rings. The van der Waals surface area contributed by atoms with Crippen LogP contribution in [-0.4, -0.2) is 91.9 Å². The van der Waals surface area contributed by atoms with Crippen LogP contribution in [0.4, 0.5) is 0 Å². The summed E-state index contributed by atoms with van der Waals surface area (Å²) in [4.78, 5) is 17.9. The van der Waals surface area contributed by atoms with Crippen molar-refractivity contribution < 1.29 is 19.4 Å². The molecule has 1 saturated heterocycles. The Morgan fingerprint density at radius 2 is 1.96 bits per heavy atom. The van der Waals surface area contributed by atoms with E-state index in [2.05, 4.69) is 23.6 Å². The van der Waals surface area contributed by atoms with Gasteiger partial charge >= 0.3 is 0 Å². The van der Waals surface area contributed by atoms with Crippen molar-refractivity contribution in [2.75, 3.05) is 60.0 Å². The molecule has 2 rings (SSSR count). The van der Waals surface area contributed by atoms with Gasteiger partial charge in [-0.3, -0.25) is 9.69 Å². The van der Waals surface area contributed by atoms with Crippen molar-refractivity contribution >= 4 is 5.91 Å². The van der Waals surface area contributed by atoms with Crippen LogP contribution >= 0.6 is 0 Å². The number of amides is 1. The van der Waals surface area contributed by atoms with Crippen molar-refractivity contribution in [3.05, 3.63) is 23.8 Å². The van der Waals surface area contributed by atoms with Crippen LogP contribution in [-0.2, 0) is 11.3 Å². The van der Waals surface area contributed by atoms with Crippen molar-refractivity contribution in [3.8, 4) is 11.5 Å². The van der Waals surface area contributed by atoms with Gasteiger partial charge in [-0.25, -0.2) is 0 Å². The first kappa shape index (κ1) is 21.5. The van der Waals surface area contributed by atoms with Crippen LogP contribution in [0.15, 0.2) is 18.2 Å². The molecule has 1 unspecified atom stereocenters. The van der Waals surface area contributed by atoms with Gasteiger partial charge in [0, 0.05) is 33.2 Å². The molecule has 1 heterocycles. The minimum atomic E-state index is -0.562. The molecule has 1 N–H and O–H groups in total. The molecule has 7 nitrogen and oxygen atoms in total.